The molecule has 0 radical (unpaired) electrons. The van der Waals surface area contributed by atoms with Crippen molar-refractivity contribution in [2.75, 3.05) is 14.2 Å². The van der Waals surface area contributed by atoms with E-state index in [4.69, 9.17) is 9.47 Å². The van der Waals surface area contributed by atoms with Gasteiger partial charge in [-0.3, -0.25) is 0 Å². The first-order valence-electron chi connectivity index (χ1n) is 6.10. The van der Waals surface area contributed by atoms with Crippen molar-refractivity contribution in [1.29, 1.82) is 0 Å². The van der Waals surface area contributed by atoms with Crippen molar-refractivity contribution in [3.63, 3.8) is 0 Å². The van der Waals surface area contributed by atoms with E-state index < -0.39 is 0 Å². The molecule has 2 aromatic rings. The molecular formula is C16H18O2. The van der Waals surface area contributed by atoms with Gasteiger partial charge in [0.25, 0.3) is 0 Å². The second-order valence-corrected chi connectivity index (χ2v) is 4.08. The van der Waals surface area contributed by atoms with Crippen molar-refractivity contribution in [3.05, 3.63) is 48.0 Å². The molecule has 0 aromatic heterocycles. The SMILES string of the molecule is CCc1ccccc1-c1cc(OC)ccc1OC. The molecule has 0 aliphatic rings. The maximum absolute atomic E-state index is 5.44. The fraction of sp³-hybridized carbons (Fsp3) is 0.250. The third-order valence-electron chi connectivity index (χ3n) is 3.10. The second kappa shape index (κ2) is 5.58. The topological polar surface area (TPSA) is 18.5 Å². The average molecular weight is 242 g/mol. The highest BCUT2D eigenvalue weighted by molar-refractivity contribution is 5.74. The Morgan fingerprint density at radius 1 is 0.889 bits per heavy atom. The average Bonchev–Trinajstić information content (AvgIpc) is 2.46. The van der Waals surface area contributed by atoms with Crippen molar-refractivity contribution in [2.45, 2.75) is 13.3 Å². The molecule has 0 bridgehead atoms. The number of rotatable bonds is 4. The molecule has 0 spiro atoms. The van der Waals surface area contributed by atoms with Crippen LogP contribution in [0.3, 0.4) is 0 Å². The van der Waals surface area contributed by atoms with Crippen LogP contribution >= 0.6 is 0 Å². The lowest BCUT2D eigenvalue weighted by atomic mass is 9.97. The fourth-order valence-electron chi connectivity index (χ4n) is 2.12. The van der Waals surface area contributed by atoms with Gasteiger partial charge >= 0.3 is 0 Å². The van der Waals surface area contributed by atoms with Gasteiger partial charge in [0, 0.05) is 5.56 Å². The summed E-state index contributed by atoms with van der Waals surface area (Å²) in [5.74, 6) is 1.72. The number of hydrogen-bond donors (Lipinski definition) is 0. The third-order valence-corrected chi connectivity index (χ3v) is 3.10. The van der Waals surface area contributed by atoms with Crippen LogP contribution in [0.2, 0.25) is 0 Å². The molecule has 2 heteroatoms. The molecule has 2 aromatic carbocycles. The molecular weight excluding hydrogens is 224 g/mol. The zero-order valence-electron chi connectivity index (χ0n) is 11.1. The van der Waals surface area contributed by atoms with Crippen LogP contribution in [-0.2, 0) is 6.42 Å². The standard InChI is InChI=1S/C16H18O2/c1-4-12-7-5-6-8-14(12)15-11-13(17-2)9-10-16(15)18-3/h5-11H,4H2,1-3H3. The largest absolute Gasteiger partial charge is 0.497 e. The van der Waals surface area contributed by atoms with Gasteiger partial charge in [-0.2, -0.15) is 0 Å². The van der Waals surface area contributed by atoms with Gasteiger partial charge in [0.2, 0.25) is 0 Å². The Morgan fingerprint density at radius 2 is 1.67 bits per heavy atom. The summed E-state index contributed by atoms with van der Waals surface area (Å²) in [6, 6.07) is 14.3. The summed E-state index contributed by atoms with van der Waals surface area (Å²) in [6.45, 7) is 2.16. The lowest BCUT2D eigenvalue weighted by molar-refractivity contribution is 0.404. The molecule has 0 unspecified atom stereocenters. The molecule has 18 heavy (non-hydrogen) atoms. The van der Waals surface area contributed by atoms with Gasteiger partial charge in [0.15, 0.2) is 0 Å². The molecule has 0 saturated carbocycles. The highest BCUT2D eigenvalue weighted by Gasteiger charge is 2.10. The zero-order chi connectivity index (χ0) is 13.0. The number of benzene rings is 2. The molecule has 2 rings (SSSR count). The number of hydrogen-bond acceptors (Lipinski definition) is 2. The van der Waals surface area contributed by atoms with E-state index in [0.29, 0.717) is 0 Å². The predicted molar refractivity (Wildman–Crippen MR) is 74.4 cm³/mol. The van der Waals surface area contributed by atoms with E-state index >= 15 is 0 Å². The van der Waals surface area contributed by atoms with Crippen LogP contribution < -0.4 is 9.47 Å². The molecule has 0 atom stereocenters. The van der Waals surface area contributed by atoms with E-state index in [9.17, 15) is 0 Å². The van der Waals surface area contributed by atoms with Gasteiger partial charge in [-0.25, -0.2) is 0 Å². The minimum Gasteiger partial charge on any atom is -0.497 e. The van der Waals surface area contributed by atoms with Crippen molar-refractivity contribution >= 4 is 0 Å². The second-order valence-electron chi connectivity index (χ2n) is 4.08. The molecule has 0 amide bonds. The minimum absolute atomic E-state index is 0.844. The molecule has 0 fully saturated rings. The van der Waals surface area contributed by atoms with E-state index in [0.717, 1.165) is 23.5 Å². The number of aryl methyl sites for hydroxylation is 1. The summed E-state index contributed by atoms with van der Waals surface area (Å²) in [5.41, 5.74) is 3.59. The highest BCUT2D eigenvalue weighted by atomic mass is 16.5. The van der Waals surface area contributed by atoms with E-state index in [-0.39, 0.29) is 0 Å². The van der Waals surface area contributed by atoms with Crippen LogP contribution in [-0.4, -0.2) is 14.2 Å². The zero-order valence-corrected chi connectivity index (χ0v) is 11.1. The van der Waals surface area contributed by atoms with Gasteiger partial charge in [-0.15, -0.1) is 0 Å². The van der Waals surface area contributed by atoms with Gasteiger partial charge < -0.3 is 9.47 Å². The maximum atomic E-state index is 5.44. The van der Waals surface area contributed by atoms with Crippen LogP contribution in [0, 0.1) is 0 Å². The number of methoxy groups -OCH3 is 2. The summed E-state index contributed by atoms with van der Waals surface area (Å²) in [7, 11) is 3.37. The Labute approximate surface area is 108 Å². The van der Waals surface area contributed by atoms with E-state index in [1.165, 1.54) is 11.1 Å². The Morgan fingerprint density at radius 3 is 2.33 bits per heavy atom. The Bertz CT molecular complexity index is 532. The molecule has 2 nitrogen and oxygen atoms in total. The summed E-state index contributed by atoms with van der Waals surface area (Å²) in [4.78, 5) is 0. The van der Waals surface area contributed by atoms with Crippen molar-refractivity contribution in [1.82, 2.24) is 0 Å². The molecule has 0 saturated heterocycles. The summed E-state index contributed by atoms with van der Waals surface area (Å²) < 4.78 is 10.7. The normalized spacial score (nSPS) is 10.2. The van der Waals surface area contributed by atoms with Crippen molar-refractivity contribution < 1.29 is 9.47 Å². The molecule has 0 aliphatic carbocycles. The van der Waals surface area contributed by atoms with Crippen LogP contribution in [0.25, 0.3) is 11.1 Å². The van der Waals surface area contributed by atoms with Crippen LogP contribution in [0.5, 0.6) is 11.5 Å². The quantitative estimate of drug-likeness (QED) is 0.808. The van der Waals surface area contributed by atoms with Gasteiger partial charge in [-0.1, -0.05) is 31.2 Å². The molecule has 0 aliphatic heterocycles. The molecule has 0 N–H and O–H groups in total. The van der Waals surface area contributed by atoms with E-state index in [1.807, 2.05) is 24.3 Å². The summed E-state index contributed by atoms with van der Waals surface area (Å²) in [5, 5.41) is 0. The molecule has 0 heterocycles. The van der Waals surface area contributed by atoms with Crippen LogP contribution in [0.15, 0.2) is 42.5 Å². The Balaban J connectivity index is 2.60. The van der Waals surface area contributed by atoms with E-state index in [2.05, 4.69) is 25.1 Å². The third kappa shape index (κ3) is 2.33. The minimum atomic E-state index is 0.844. The van der Waals surface area contributed by atoms with Gasteiger partial charge in [-0.05, 0) is 35.7 Å². The monoisotopic (exact) mass is 242 g/mol. The van der Waals surface area contributed by atoms with Gasteiger partial charge in [0.05, 0.1) is 14.2 Å². The first-order valence-corrected chi connectivity index (χ1v) is 6.10. The lowest BCUT2D eigenvalue weighted by Crippen LogP contribution is -1.93. The lowest BCUT2D eigenvalue weighted by Gasteiger charge is -2.13. The first-order chi connectivity index (χ1) is 8.80. The highest BCUT2D eigenvalue weighted by Crippen LogP contribution is 2.35. The Hall–Kier alpha value is -1.96. The van der Waals surface area contributed by atoms with E-state index in [1.54, 1.807) is 14.2 Å². The summed E-state index contributed by atoms with van der Waals surface area (Å²) in [6.07, 6.45) is 0.997. The number of ether oxygens (including phenoxy) is 2. The maximum Gasteiger partial charge on any atom is 0.126 e. The summed E-state index contributed by atoms with van der Waals surface area (Å²) >= 11 is 0. The van der Waals surface area contributed by atoms with Crippen LogP contribution in [0.4, 0.5) is 0 Å². The predicted octanol–water partition coefficient (Wildman–Crippen LogP) is 3.93. The van der Waals surface area contributed by atoms with Gasteiger partial charge in [0.1, 0.15) is 11.5 Å². The van der Waals surface area contributed by atoms with Crippen LogP contribution in [0.1, 0.15) is 12.5 Å². The Kier molecular flexibility index (Phi) is 3.88. The van der Waals surface area contributed by atoms with Crippen molar-refractivity contribution in [3.8, 4) is 22.6 Å². The molecule has 94 valence electrons. The first kappa shape index (κ1) is 12.5. The smallest absolute Gasteiger partial charge is 0.126 e. The van der Waals surface area contributed by atoms with Crippen molar-refractivity contribution in [2.24, 2.45) is 0 Å². The fourth-order valence-corrected chi connectivity index (χ4v) is 2.12.